The smallest absolute Gasteiger partial charge is 0.326 e. The number of carbonyl (C=O) groups excluding carboxylic acids is 7. The molecule has 7 amide bonds. The Morgan fingerprint density at radius 1 is 0.759 bits per heavy atom. The minimum atomic E-state index is -1.83. The number of nitrogens with two attached hydrogens (primary N) is 1. The third-order valence-corrected chi connectivity index (χ3v) is 9.23. The van der Waals surface area contributed by atoms with E-state index in [2.05, 4.69) is 31.9 Å². The highest BCUT2D eigenvalue weighted by Crippen LogP contribution is 2.20. The molecule has 0 aliphatic carbocycles. The fraction of sp³-hybridized carbons (Fsp3) is 0.556. The molecule has 1 aliphatic rings. The van der Waals surface area contributed by atoms with E-state index in [1.54, 1.807) is 13.8 Å². The summed E-state index contributed by atoms with van der Waals surface area (Å²) in [6, 6.07) is -3.92. The summed E-state index contributed by atoms with van der Waals surface area (Å²) in [6.45, 7) is 5.45. The number of hydrogen-bond acceptors (Lipinski definition) is 12. The number of nitrogens with one attached hydrogen (secondary N) is 6. The van der Waals surface area contributed by atoms with Gasteiger partial charge >= 0.3 is 17.9 Å². The lowest BCUT2D eigenvalue weighted by Crippen LogP contribution is -2.59. The molecule has 1 aromatic rings. The first kappa shape index (κ1) is 47.8. The highest BCUT2D eigenvalue weighted by atomic mass is 16.4. The van der Waals surface area contributed by atoms with Gasteiger partial charge in [0.1, 0.15) is 42.0 Å². The van der Waals surface area contributed by atoms with Gasteiger partial charge in [0.2, 0.25) is 41.4 Å². The summed E-state index contributed by atoms with van der Waals surface area (Å²) in [4.78, 5) is 127. The van der Waals surface area contributed by atoms with Gasteiger partial charge in [0.05, 0.1) is 25.4 Å². The number of aromatic hydroxyl groups is 1. The van der Waals surface area contributed by atoms with Gasteiger partial charge in [0.25, 0.3) is 0 Å². The van der Waals surface area contributed by atoms with Crippen molar-refractivity contribution in [2.24, 2.45) is 11.7 Å². The molecule has 1 heterocycles. The fourth-order valence-electron chi connectivity index (χ4n) is 5.81. The number of carbonyl (C=O) groups is 10. The summed E-state index contributed by atoms with van der Waals surface area (Å²) in [7, 11) is 0. The van der Waals surface area contributed by atoms with Crippen LogP contribution in [0.1, 0.15) is 65.4 Å². The van der Waals surface area contributed by atoms with Crippen LogP contribution in [-0.2, 0) is 54.4 Å². The van der Waals surface area contributed by atoms with Gasteiger partial charge in [-0.05, 0) is 50.3 Å². The zero-order valence-electron chi connectivity index (χ0n) is 32.5. The zero-order chi connectivity index (χ0) is 43.9. The van der Waals surface area contributed by atoms with Crippen LogP contribution in [-0.4, -0.2) is 140 Å². The monoisotopic (exact) mass is 820 g/mol. The van der Waals surface area contributed by atoms with Crippen LogP contribution in [0.3, 0.4) is 0 Å². The highest BCUT2D eigenvalue weighted by Gasteiger charge is 2.39. The van der Waals surface area contributed by atoms with Crippen LogP contribution in [0.25, 0.3) is 0 Å². The SMILES string of the molecule is CC[C@H](C)[C@H](NC(=O)[C@@H]1CCCN1C(=O)[C@H](C)NC(=O)[C@H](CC(=O)O)NC(=O)[C@H](C)N)C(=O)NCC(=O)N[C@@H](Cc1ccc(O)cc1)C(=O)N[C@@H](CC(=O)O)C(=O)O. The molecular formula is C36H52N8O14. The molecule has 12 N–H and O–H groups in total. The topological polar surface area (TPSA) is 353 Å². The van der Waals surface area contributed by atoms with Crippen molar-refractivity contribution in [1.82, 2.24) is 36.8 Å². The second-order valence-electron chi connectivity index (χ2n) is 13.9. The number of amides is 7. The third-order valence-electron chi connectivity index (χ3n) is 9.23. The summed E-state index contributed by atoms with van der Waals surface area (Å²) >= 11 is 0. The molecule has 58 heavy (non-hydrogen) atoms. The van der Waals surface area contributed by atoms with E-state index in [4.69, 9.17) is 10.8 Å². The number of phenolic OH excluding ortho intramolecular Hbond substituents is 1. The van der Waals surface area contributed by atoms with Crippen LogP contribution in [0.5, 0.6) is 5.75 Å². The van der Waals surface area contributed by atoms with Crippen LogP contribution in [0.2, 0.25) is 0 Å². The van der Waals surface area contributed by atoms with Crippen LogP contribution < -0.4 is 37.6 Å². The molecule has 22 heteroatoms. The van der Waals surface area contributed by atoms with Gasteiger partial charge in [-0.2, -0.15) is 0 Å². The number of carboxylic acids is 3. The molecule has 8 atom stereocenters. The number of phenols is 1. The van der Waals surface area contributed by atoms with Crippen LogP contribution >= 0.6 is 0 Å². The second kappa shape index (κ2) is 22.4. The summed E-state index contributed by atoms with van der Waals surface area (Å²) in [5.74, 6) is -11.0. The predicted octanol–water partition coefficient (Wildman–Crippen LogP) is -3.09. The van der Waals surface area contributed by atoms with Gasteiger partial charge in [0, 0.05) is 13.0 Å². The van der Waals surface area contributed by atoms with E-state index < -0.39 is 127 Å². The molecule has 0 radical (unpaired) electrons. The predicted molar refractivity (Wildman–Crippen MR) is 200 cm³/mol. The van der Waals surface area contributed by atoms with Crippen molar-refractivity contribution in [3.05, 3.63) is 29.8 Å². The lowest BCUT2D eigenvalue weighted by atomic mass is 9.97. The maximum Gasteiger partial charge on any atom is 0.326 e. The Hall–Kier alpha value is -6.32. The van der Waals surface area contributed by atoms with Crippen LogP contribution in [0, 0.1) is 5.92 Å². The van der Waals surface area contributed by atoms with E-state index in [9.17, 15) is 63.3 Å². The van der Waals surface area contributed by atoms with Gasteiger partial charge in [-0.1, -0.05) is 32.4 Å². The summed E-state index contributed by atoms with van der Waals surface area (Å²) in [5, 5.41) is 51.4. The van der Waals surface area contributed by atoms with Gasteiger partial charge in [-0.15, -0.1) is 0 Å². The largest absolute Gasteiger partial charge is 0.508 e. The number of hydrogen-bond donors (Lipinski definition) is 11. The number of likely N-dealkylation sites (tertiary alicyclic amines) is 1. The Morgan fingerprint density at radius 2 is 1.33 bits per heavy atom. The first-order chi connectivity index (χ1) is 27.1. The van der Waals surface area contributed by atoms with Gasteiger partial charge in [0.15, 0.2) is 0 Å². The first-order valence-corrected chi connectivity index (χ1v) is 18.4. The Kier molecular flexibility index (Phi) is 18.5. The summed E-state index contributed by atoms with van der Waals surface area (Å²) < 4.78 is 0. The molecular weight excluding hydrogens is 768 g/mol. The van der Waals surface area contributed by atoms with Crippen LogP contribution in [0.4, 0.5) is 0 Å². The molecule has 0 saturated carbocycles. The lowest BCUT2D eigenvalue weighted by Gasteiger charge is -2.30. The molecule has 1 aliphatic heterocycles. The van der Waals surface area contributed by atoms with Crippen molar-refractivity contribution in [3.63, 3.8) is 0 Å². The van der Waals surface area contributed by atoms with Crippen LogP contribution in [0.15, 0.2) is 24.3 Å². The van der Waals surface area contributed by atoms with Crippen molar-refractivity contribution in [1.29, 1.82) is 0 Å². The normalized spacial score (nSPS) is 17.1. The van der Waals surface area contributed by atoms with Crippen molar-refractivity contribution in [3.8, 4) is 5.75 Å². The number of carboxylic acid groups (broad SMARTS) is 3. The van der Waals surface area contributed by atoms with E-state index in [0.717, 1.165) is 0 Å². The summed E-state index contributed by atoms with van der Waals surface area (Å²) in [5.41, 5.74) is 5.93. The van der Waals surface area contributed by atoms with Crippen molar-refractivity contribution in [2.75, 3.05) is 13.1 Å². The molecule has 2 rings (SSSR count). The molecule has 1 aromatic carbocycles. The van der Waals surface area contributed by atoms with Crippen molar-refractivity contribution < 1.29 is 68.4 Å². The number of nitrogens with zero attached hydrogens (tertiary/aromatic N) is 1. The highest BCUT2D eigenvalue weighted by molar-refractivity contribution is 5.98. The average molecular weight is 821 g/mol. The minimum Gasteiger partial charge on any atom is -0.508 e. The maximum atomic E-state index is 13.6. The first-order valence-electron chi connectivity index (χ1n) is 18.4. The molecule has 0 spiro atoms. The Bertz CT molecular complexity index is 1700. The average Bonchev–Trinajstić information content (AvgIpc) is 3.65. The Morgan fingerprint density at radius 3 is 1.88 bits per heavy atom. The molecule has 1 saturated heterocycles. The van der Waals surface area contributed by atoms with Gasteiger partial charge < -0.3 is 63.0 Å². The van der Waals surface area contributed by atoms with E-state index >= 15 is 0 Å². The molecule has 1 fully saturated rings. The lowest BCUT2D eigenvalue weighted by molar-refractivity contribution is -0.147. The number of benzene rings is 1. The van der Waals surface area contributed by atoms with E-state index in [-0.39, 0.29) is 25.1 Å². The molecule has 0 bridgehead atoms. The third kappa shape index (κ3) is 15.0. The summed E-state index contributed by atoms with van der Waals surface area (Å²) in [6.07, 6.45) is -0.998. The van der Waals surface area contributed by atoms with Gasteiger partial charge in [-0.25, -0.2) is 4.79 Å². The minimum absolute atomic E-state index is 0.0910. The Balaban J connectivity index is 2.14. The van der Waals surface area contributed by atoms with E-state index in [1.807, 2.05) is 0 Å². The van der Waals surface area contributed by atoms with Gasteiger partial charge in [-0.3, -0.25) is 43.2 Å². The molecule has 0 aromatic heterocycles. The van der Waals surface area contributed by atoms with Crippen molar-refractivity contribution in [2.45, 2.75) is 109 Å². The quantitative estimate of drug-likeness (QED) is 0.0552. The number of aliphatic carboxylic acids is 3. The zero-order valence-corrected chi connectivity index (χ0v) is 32.5. The number of rotatable bonds is 22. The maximum absolute atomic E-state index is 13.6. The van der Waals surface area contributed by atoms with Crippen molar-refractivity contribution >= 4 is 59.3 Å². The molecule has 0 unspecified atom stereocenters. The molecule has 320 valence electrons. The second-order valence-corrected chi connectivity index (χ2v) is 13.9. The van der Waals surface area contributed by atoms with E-state index in [0.29, 0.717) is 18.4 Å². The van der Waals surface area contributed by atoms with E-state index in [1.165, 1.54) is 43.0 Å². The fourth-order valence-corrected chi connectivity index (χ4v) is 5.81. The Labute approximate surface area is 333 Å². The molecule has 22 nitrogen and oxygen atoms in total. The standard InChI is InChI=1S/C36H52N8O14/c1-5-17(2)29(43-33(54)25-7-6-12-44(25)35(56)19(4)39-31(52)23(14-27(47)48)41-30(51)18(3)37)34(55)38-16-26(46)40-22(13-20-8-10-21(45)11-9-20)32(53)42-24(36(57)58)15-28(49)50/h8-11,17-19,22-25,29,45H,5-7,12-16,37H2,1-4H3,(H,38,55)(H,39,52)(H,40,46)(H,41,51)(H,42,53)(H,43,54)(H,47,48)(H,49,50)(H,57,58)/t17-,18-,19-,22-,23-,24-,25-,29-/m0/s1.